The van der Waals surface area contributed by atoms with Crippen LogP contribution in [0, 0.1) is 5.41 Å². The maximum absolute atomic E-state index is 11.9. The van der Waals surface area contributed by atoms with Crippen LogP contribution in [-0.2, 0) is 19.1 Å². The first kappa shape index (κ1) is 16.4. The number of aliphatic carboxylic acids is 1. The zero-order chi connectivity index (χ0) is 15.3. The van der Waals surface area contributed by atoms with Gasteiger partial charge < -0.3 is 20.1 Å². The number of hydrogen-bond donors (Lipinski definition) is 2. The predicted molar refractivity (Wildman–Crippen MR) is 71.0 cm³/mol. The molecule has 0 spiro atoms. The van der Waals surface area contributed by atoms with E-state index in [1.54, 1.807) is 20.8 Å². The lowest BCUT2D eigenvalue weighted by Gasteiger charge is -2.31. The van der Waals surface area contributed by atoms with Crippen molar-refractivity contribution in [1.82, 2.24) is 10.2 Å². The summed E-state index contributed by atoms with van der Waals surface area (Å²) in [5.74, 6) is -1.35. The molecule has 0 aromatic heterocycles. The molecule has 1 rings (SSSR count). The Bertz CT molecular complexity index is 389. The van der Waals surface area contributed by atoms with E-state index in [1.807, 2.05) is 0 Å². The van der Waals surface area contributed by atoms with E-state index in [4.69, 9.17) is 9.84 Å². The fraction of sp³-hybridized carbons (Fsp3) is 0.769. The van der Waals surface area contributed by atoms with Crippen molar-refractivity contribution in [2.24, 2.45) is 5.41 Å². The molecule has 1 heterocycles. The van der Waals surface area contributed by atoms with Gasteiger partial charge in [-0.1, -0.05) is 20.8 Å². The number of ether oxygens (including phenoxy) is 1. The number of nitrogens with one attached hydrogen (secondary N) is 1. The smallest absolute Gasteiger partial charge is 0.334 e. The average Bonchev–Trinajstić information content (AvgIpc) is 2.37. The number of hydrogen-bond acceptors (Lipinski definition) is 4. The number of carbonyl (C=O) groups is 3. The van der Waals surface area contributed by atoms with Gasteiger partial charge in [0.2, 0.25) is 11.8 Å². The van der Waals surface area contributed by atoms with Gasteiger partial charge in [0.15, 0.2) is 6.10 Å². The Hall–Kier alpha value is -1.63. The molecule has 7 nitrogen and oxygen atoms in total. The molecule has 1 aliphatic rings. The van der Waals surface area contributed by atoms with Gasteiger partial charge in [0.1, 0.15) is 0 Å². The van der Waals surface area contributed by atoms with Crippen LogP contribution in [0.25, 0.3) is 0 Å². The van der Waals surface area contributed by atoms with Gasteiger partial charge in [-0.3, -0.25) is 9.59 Å². The van der Waals surface area contributed by atoms with Crippen molar-refractivity contribution in [2.75, 3.05) is 26.2 Å². The van der Waals surface area contributed by atoms with Gasteiger partial charge in [-0.2, -0.15) is 0 Å². The van der Waals surface area contributed by atoms with E-state index in [-0.39, 0.29) is 37.9 Å². The summed E-state index contributed by atoms with van der Waals surface area (Å²) in [7, 11) is 0. The molecule has 2 amide bonds. The van der Waals surface area contributed by atoms with E-state index in [0.29, 0.717) is 6.54 Å². The minimum Gasteiger partial charge on any atom is -0.479 e. The van der Waals surface area contributed by atoms with Gasteiger partial charge in [0.25, 0.3) is 0 Å². The van der Waals surface area contributed by atoms with Gasteiger partial charge in [-0.05, 0) is 0 Å². The first-order valence-electron chi connectivity index (χ1n) is 6.62. The van der Waals surface area contributed by atoms with E-state index in [0.717, 1.165) is 0 Å². The molecule has 0 aromatic rings. The van der Waals surface area contributed by atoms with E-state index in [2.05, 4.69) is 5.32 Å². The zero-order valence-electron chi connectivity index (χ0n) is 12.1. The van der Waals surface area contributed by atoms with Crippen LogP contribution in [-0.4, -0.2) is 60.1 Å². The Labute approximate surface area is 118 Å². The fourth-order valence-corrected chi connectivity index (χ4v) is 1.73. The number of amides is 2. The molecule has 1 unspecified atom stereocenters. The van der Waals surface area contributed by atoms with Crippen LogP contribution in [0.2, 0.25) is 0 Å². The van der Waals surface area contributed by atoms with Crippen LogP contribution in [0.1, 0.15) is 27.2 Å². The third-order valence-electron chi connectivity index (χ3n) is 3.00. The van der Waals surface area contributed by atoms with Crippen molar-refractivity contribution >= 4 is 17.8 Å². The molecule has 1 fully saturated rings. The molecule has 0 aromatic carbocycles. The third-order valence-corrected chi connectivity index (χ3v) is 3.00. The zero-order valence-corrected chi connectivity index (χ0v) is 12.1. The maximum atomic E-state index is 11.9. The maximum Gasteiger partial charge on any atom is 0.334 e. The fourth-order valence-electron chi connectivity index (χ4n) is 1.73. The lowest BCUT2D eigenvalue weighted by atomic mass is 9.96. The minimum absolute atomic E-state index is 0.0569. The normalized spacial score (nSPS) is 19.6. The molecule has 1 aliphatic heterocycles. The lowest BCUT2D eigenvalue weighted by molar-refractivity contribution is -0.159. The van der Waals surface area contributed by atoms with Crippen molar-refractivity contribution in [3.05, 3.63) is 0 Å². The summed E-state index contributed by atoms with van der Waals surface area (Å²) in [5, 5.41) is 11.5. The SMILES string of the molecule is CC(C)(C)C(=O)NCCC(=O)N1CCOC(C(=O)O)C1. The van der Waals surface area contributed by atoms with Crippen molar-refractivity contribution in [2.45, 2.75) is 33.3 Å². The van der Waals surface area contributed by atoms with Crippen molar-refractivity contribution < 1.29 is 24.2 Å². The number of carbonyl (C=O) groups excluding carboxylic acids is 2. The Balaban J connectivity index is 2.36. The molecule has 1 atom stereocenters. The summed E-state index contributed by atoms with van der Waals surface area (Å²) < 4.78 is 5.04. The summed E-state index contributed by atoms with van der Waals surface area (Å²) in [4.78, 5) is 35.8. The standard InChI is InChI=1S/C13H22N2O5/c1-13(2,3)12(19)14-5-4-10(16)15-6-7-20-9(8-15)11(17)18/h9H,4-8H2,1-3H3,(H,14,19)(H,17,18). The monoisotopic (exact) mass is 286 g/mol. The second-order valence-corrected chi connectivity index (χ2v) is 5.79. The Kier molecular flexibility index (Phi) is 5.50. The van der Waals surface area contributed by atoms with Crippen LogP contribution >= 0.6 is 0 Å². The highest BCUT2D eigenvalue weighted by atomic mass is 16.5. The Morgan fingerprint density at radius 3 is 2.55 bits per heavy atom. The largest absolute Gasteiger partial charge is 0.479 e. The average molecular weight is 286 g/mol. The molecule has 0 bridgehead atoms. The van der Waals surface area contributed by atoms with Crippen LogP contribution in [0.3, 0.4) is 0 Å². The highest BCUT2D eigenvalue weighted by molar-refractivity contribution is 5.82. The van der Waals surface area contributed by atoms with Gasteiger partial charge >= 0.3 is 5.97 Å². The first-order valence-corrected chi connectivity index (χ1v) is 6.62. The second-order valence-electron chi connectivity index (χ2n) is 5.79. The molecule has 20 heavy (non-hydrogen) atoms. The van der Waals surface area contributed by atoms with E-state index in [1.165, 1.54) is 4.90 Å². The summed E-state index contributed by atoms with van der Waals surface area (Å²) in [5.41, 5.74) is -0.490. The number of carboxylic acid groups (broad SMARTS) is 1. The van der Waals surface area contributed by atoms with Crippen LogP contribution in [0.15, 0.2) is 0 Å². The quantitative estimate of drug-likeness (QED) is 0.749. The van der Waals surface area contributed by atoms with Gasteiger partial charge in [-0.15, -0.1) is 0 Å². The molecule has 0 radical (unpaired) electrons. The molecule has 114 valence electrons. The van der Waals surface area contributed by atoms with E-state index in [9.17, 15) is 14.4 Å². The van der Waals surface area contributed by atoms with Crippen molar-refractivity contribution in [1.29, 1.82) is 0 Å². The number of rotatable bonds is 4. The topological polar surface area (TPSA) is 95.9 Å². The van der Waals surface area contributed by atoms with Crippen molar-refractivity contribution in [3.8, 4) is 0 Å². The number of morpholine rings is 1. The molecular formula is C13H22N2O5. The molecular weight excluding hydrogens is 264 g/mol. The summed E-state index contributed by atoms with van der Waals surface area (Å²) in [6, 6.07) is 0. The highest BCUT2D eigenvalue weighted by Gasteiger charge is 2.29. The molecule has 1 saturated heterocycles. The number of nitrogens with zero attached hydrogens (tertiary/aromatic N) is 1. The highest BCUT2D eigenvalue weighted by Crippen LogP contribution is 2.12. The summed E-state index contributed by atoms with van der Waals surface area (Å²) in [6.07, 6.45) is -0.800. The summed E-state index contributed by atoms with van der Waals surface area (Å²) in [6.45, 7) is 6.30. The second kappa shape index (κ2) is 6.69. The third kappa shape index (κ3) is 4.80. The molecule has 7 heteroatoms. The molecule has 2 N–H and O–H groups in total. The Morgan fingerprint density at radius 1 is 1.35 bits per heavy atom. The lowest BCUT2D eigenvalue weighted by Crippen LogP contribution is -2.49. The van der Waals surface area contributed by atoms with Gasteiger partial charge in [0.05, 0.1) is 13.2 Å². The Morgan fingerprint density at radius 2 is 2.00 bits per heavy atom. The first-order chi connectivity index (χ1) is 9.21. The summed E-state index contributed by atoms with van der Waals surface area (Å²) >= 11 is 0. The number of carboxylic acids is 1. The van der Waals surface area contributed by atoms with Gasteiger partial charge in [-0.25, -0.2) is 4.79 Å². The van der Waals surface area contributed by atoms with E-state index < -0.39 is 17.5 Å². The van der Waals surface area contributed by atoms with Crippen LogP contribution < -0.4 is 5.32 Å². The van der Waals surface area contributed by atoms with Crippen LogP contribution in [0.5, 0.6) is 0 Å². The predicted octanol–water partition coefficient (Wildman–Crippen LogP) is -0.149. The molecule has 0 aliphatic carbocycles. The molecule has 0 saturated carbocycles. The van der Waals surface area contributed by atoms with Crippen LogP contribution in [0.4, 0.5) is 0 Å². The van der Waals surface area contributed by atoms with Gasteiger partial charge in [0, 0.05) is 24.9 Å². The van der Waals surface area contributed by atoms with E-state index >= 15 is 0 Å². The van der Waals surface area contributed by atoms with Crippen molar-refractivity contribution in [3.63, 3.8) is 0 Å². The minimum atomic E-state index is -1.07.